The van der Waals surface area contributed by atoms with Crippen LogP contribution >= 0.6 is 0 Å². The number of carboxylic acids is 1. The summed E-state index contributed by atoms with van der Waals surface area (Å²) in [6.07, 6.45) is 5.05. The Hall–Kier alpha value is -2.63. The van der Waals surface area contributed by atoms with Crippen molar-refractivity contribution in [3.05, 3.63) is 41.6 Å². The monoisotopic (exact) mass is 342 g/mol. The summed E-state index contributed by atoms with van der Waals surface area (Å²) in [5.41, 5.74) is 1.94. The Balaban J connectivity index is 1.79. The van der Waals surface area contributed by atoms with E-state index in [1.165, 1.54) is 6.92 Å². The molecule has 25 heavy (non-hydrogen) atoms. The van der Waals surface area contributed by atoms with Crippen LogP contribution < -0.4 is 0 Å². The van der Waals surface area contributed by atoms with Crippen molar-refractivity contribution in [2.24, 2.45) is 5.92 Å². The molecule has 0 aromatic heterocycles. The standard InChI is InChI=1S/C19H22N2O4/c1-13(22)21-10-8-14-5-2-3-7-16(14)17(21)11-18(23)20-9-4-6-15(12-20)19(24)25/h2-3,5,7-8,10,15,17H,4,6,9,11-12H2,1H3,(H,24,25). The summed E-state index contributed by atoms with van der Waals surface area (Å²) in [6, 6.07) is 7.37. The highest BCUT2D eigenvalue weighted by molar-refractivity contribution is 5.82. The maximum atomic E-state index is 12.8. The van der Waals surface area contributed by atoms with Crippen molar-refractivity contribution in [1.82, 2.24) is 9.80 Å². The Bertz CT molecular complexity index is 728. The number of hydrogen-bond donors (Lipinski definition) is 1. The van der Waals surface area contributed by atoms with Gasteiger partial charge in [0.05, 0.1) is 18.4 Å². The Morgan fingerprint density at radius 1 is 1.24 bits per heavy atom. The predicted octanol–water partition coefficient (Wildman–Crippen LogP) is 2.27. The zero-order valence-electron chi connectivity index (χ0n) is 14.2. The lowest BCUT2D eigenvalue weighted by Crippen LogP contribution is -2.44. The SMILES string of the molecule is CC(=O)N1C=Cc2ccccc2C1CC(=O)N1CCCC(C(=O)O)C1. The van der Waals surface area contributed by atoms with Gasteiger partial charge in [-0.25, -0.2) is 0 Å². The minimum atomic E-state index is -0.853. The van der Waals surface area contributed by atoms with Crippen LogP contribution in [0.15, 0.2) is 30.5 Å². The average Bonchev–Trinajstić information content (AvgIpc) is 2.61. The van der Waals surface area contributed by atoms with Gasteiger partial charge in [-0.3, -0.25) is 14.4 Å². The number of amides is 2. The summed E-state index contributed by atoms with van der Waals surface area (Å²) >= 11 is 0. The maximum absolute atomic E-state index is 12.8. The Kier molecular flexibility index (Phi) is 4.88. The predicted molar refractivity (Wildman–Crippen MR) is 92.3 cm³/mol. The fourth-order valence-electron chi connectivity index (χ4n) is 3.61. The topological polar surface area (TPSA) is 77.9 Å². The summed E-state index contributed by atoms with van der Waals surface area (Å²) in [4.78, 5) is 39.2. The lowest BCUT2D eigenvalue weighted by atomic mass is 9.92. The first-order valence-electron chi connectivity index (χ1n) is 8.54. The van der Waals surface area contributed by atoms with Crippen molar-refractivity contribution in [1.29, 1.82) is 0 Å². The molecule has 2 aliphatic heterocycles. The Labute approximate surface area is 146 Å². The zero-order valence-corrected chi connectivity index (χ0v) is 14.2. The smallest absolute Gasteiger partial charge is 0.308 e. The summed E-state index contributed by atoms with van der Waals surface area (Å²) in [5.74, 6) is -1.58. The van der Waals surface area contributed by atoms with Crippen molar-refractivity contribution >= 4 is 23.9 Å². The number of likely N-dealkylation sites (tertiary alicyclic amines) is 1. The van der Waals surface area contributed by atoms with Crippen molar-refractivity contribution in [2.45, 2.75) is 32.2 Å². The van der Waals surface area contributed by atoms with Gasteiger partial charge in [0.2, 0.25) is 11.8 Å². The van der Waals surface area contributed by atoms with E-state index in [1.807, 2.05) is 30.3 Å². The van der Waals surface area contributed by atoms with Gasteiger partial charge in [0.15, 0.2) is 0 Å². The zero-order chi connectivity index (χ0) is 18.0. The van der Waals surface area contributed by atoms with Crippen LogP contribution in [0.4, 0.5) is 0 Å². The minimum absolute atomic E-state index is 0.104. The molecule has 1 N–H and O–H groups in total. The molecule has 0 bridgehead atoms. The molecular weight excluding hydrogens is 320 g/mol. The number of nitrogens with zero attached hydrogens (tertiary/aromatic N) is 2. The van der Waals surface area contributed by atoms with Crippen LogP contribution in [0.3, 0.4) is 0 Å². The highest BCUT2D eigenvalue weighted by Gasteiger charge is 2.33. The molecule has 2 amide bonds. The quantitative estimate of drug-likeness (QED) is 0.914. The third kappa shape index (κ3) is 3.57. The average molecular weight is 342 g/mol. The molecule has 1 aromatic rings. The molecule has 2 unspecified atom stereocenters. The number of carboxylic acid groups (broad SMARTS) is 1. The van der Waals surface area contributed by atoms with E-state index < -0.39 is 11.9 Å². The molecule has 1 aromatic carbocycles. The van der Waals surface area contributed by atoms with Gasteiger partial charge in [-0.1, -0.05) is 24.3 Å². The van der Waals surface area contributed by atoms with E-state index in [2.05, 4.69) is 0 Å². The molecule has 0 spiro atoms. The van der Waals surface area contributed by atoms with Crippen LogP contribution in [-0.2, 0) is 14.4 Å². The fourth-order valence-corrected chi connectivity index (χ4v) is 3.61. The number of hydrogen-bond acceptors (Lipinski definition) is 3. The van der Waals surface area contributed by atoms with Gasteiger partial charge in [-0.05, 0) is 30.0 Å². The minimum Gasteiger partial charge on any atom is -0.481 e. The number of aliphatic carboxylic acids is 1. The second-order valence-corrected chi connectivity index (χ2v) is 6.61. The Morgan fingerprint density at radius 2 is 2.00 bits per heavy atom. The molecule has 132 valence electrons. The largest absolute Gasteiger partial charge is 0.481 e. The van der Waals surface area contributed by atoms with Crippen LogP contribution in [0.25, 0.3) is 6.08 Å². The number of rotatable bonds is 3. The van der Waals surface area contributed by atoms with Gasteiger partial charge in [-0.2, -0.15) is 0 Å². The van der Waals surface area contributed by atoms with E-state index in [0.29, 0.717) is 19.4 Å². The van der Waals surface area contributed by atoms with Crippen LogP contribution in [0.1, 0.15) is 43.4 Å². The van der Waals surface area contributed by atoms with Crippen LogP contribution in [0.2, 0.25) is 0 Å². The molecule has 2 atom stereocenters. The van der Waals surface area contributed by atoms with Crippen LogP contribution in [0, 0.1) is 5.92 Å². The number of fused-ring (bicyclic) bond motifs is 1. The summed E-state index contributed by atoms with van der Waals surface area (Å²) < 4.78 is 0. The number of carbonyl (C=O) groups is 3. The molecule has 6 heteroatoms. The van der Waals surface area contributed by atoms with Gasteiger partial charge in [-0.15, -0.1) is 0 Å². The van der Waals surface area contributed by atoms with E-state index >= 15 is 0 Å². The summed E-state index contributed by atoms with van der Waals surface area (Å²) in [7, 11) is 0. The van der Waals surface area contributed by atoms with Crippen molar-refractivity contribution in [2.75, 3.05) is 13.1 Å². The highest BCUT2D eigenvalue weighted by Crippen LogP contribution is 2.33. The molecule has 1 fully saturated rings. The van der Waals surface area contributed by atoms with E-state index in [1.54, 1.807) is 16.0 Å². The molecular formula is C19H22N2O4. The Morgan fingerprint density at radius 3 is 2.72 bits per heavy atom. The summed E-state index contributed by atoms with van der Waals surface area (Å²) in [6.45, 7) is 2.31. The van der Waals surface area contributed by atoms with E-state index in [0.717, 1.165) is 11.1 Å². The van der Waals surface area contributed by atoms with Gasteiger partial charge in [0, 0.05) is 26.2 Å². The fraction of sp³-hybridized carbons (Fsp3) is 0.421. The van der Waals surface area contributed by atoms with Gasteiger partial charge >= 0.3 is 5.97 Å². The molecule has 1 saturated heterocycles. The third-order valence-electron chi connectivity index (χ3n) is 4.96. The normalized spacial score (nSPS) is 22.4. The molecule has 2 heterocycles. The van der Waals surface area contributed by atoms with Gasteiger partial charge in [0.1, 0.15) is 0 Å². The second-order valence-electron chi connectivity index (χ2n) is 6.61. The lowest BCUT2D eigenvalue weighted by Gasteiger charge is -2.35. The molecule has 0 saturated carbocycles. The first-order valence-corrected chi connectivity index (χ1v) is 8.54. The number of carbonyl (C=O) groups excluding carboxylic acids is 2. The van der Waals surface area contributed by atoms with E-state index in [-0.39, 0.29) is 30.8 Å². The first-order chi connectivity index (χ1) is 12.0. The lowest BCUT2D eigenvalue weighted by molar-refractivity contribution is -0.146. The summed E-state index contributed by atoms with van der Waals surface area (Å²) in [5, 5.41) is 9.20. The van der Waals surface area contributed by atoms with E-state index in [9.17, 15) is 19.5 Å². The molecule has 0 radical (unpaired) electrons. The van der Waals surface area contributed by atoms with Gasteiger partial charge < -0.3 is 14.9 Å². The van der Waals surface area contributed by atoms with Gasteiger partial charge in [0.25, 0.3) is 0 Å². The van der Waals surface area contributed by atoms with Crippen LogP contribution in [-0.4, -0.2) is 45.8 Å². The van der Waals surface area contributed by atoms with Crippen molar-refractivity contribution in [3.8, 4) is 0 Å². The molecule has 6 nitrogen and oxygen atoms in total. The third-order valence-corrected chi connectivity index (χ3v) is 4.96. The van der Waals surface area contributed by atoms with Crippen molar-refractivity contribution in [3.63, 3.8) is 0 Å². The van der Waals surface area contributed by atoms with E-state index in [4.69, 9.17) is 0 Å². The highest BCUT2D eigenvalue weighted by atomic mass is 16.4. The first kappa shape index (κ1) is 17.2. The molecule has 2 aliphatic rings. The maximum Gasteiger partial charge on any atom is 0.308 e. The number of benzene rings is 1. The van der Waals surface area contributed by atoms with Crippen LogP contribution in [0.5, 0.6) is 0 Å². The second kappa shape index (κ2) is 7.09. The molecule has 3 rings (SSSR count). The molecule has 0 aliphatic carbocycles. The van der Waals surface area contributed by atoms with Crippen molar-refractivity contribution < 1.29 is 19.5 Å². The number of piperidine rings is 1.